The van der Waals surface area contributed by atoms with Crippen LogP contribution in [0.2, 0.25) is 5.02 Å². The summed E-state index contributed by atoms with van der Waals surface area (Å²) in [6.45, 7) is 0.510. The van der Waals surface area contributed by atoms with Gasteiger partial charge in [-0.05, 0) is 24.6 Å². The normalized spacial score (nSPS) is 11.5. The van der Waals surface area contributed by atoms with Crippen LogP contribution in [-0.4, -0.2) is 33.9 Å². The molecule has 1 heterocycles. The molecule has 0 atom stereocenters. The molecule has 124 valence electrons. The summed E-state index contributed by atoms with van der Waals surface area (Å²) < 4.78 is 37.9. The van der Waals surface area contributed by atoms with Crippen LogP contribution in [0.4, 0.5) is 13.2 Å². The monoisotopic (exact) mass is 363 g/mol. The lowest BCUT2D eigenvalue weighted by atomic mass is 10.2. The highest BCUT2D eigenvalue weighted by Gasteiger charge is 2.27. The van der Waals surface area contributed by atoms with Crippen molar-refractivity contribution >= 4 is 29.3 Å². The molecule has 0 saturated heterocycles. The Bertz CT molecular complexity index is 703. The largest absolute Gasteiger partial charge is 0.405 e. The smallest absolute Gasteiger partial charge is 0.346 e. The first kappa shape index (κ1) is 17.7. The third-order valence-electron chi connectivity index (χ3n) is 2.92. The molecule has 0 aliphatic heterocycles. The van der Waals surface area contributed by atoms with Crippen molar-refractivity contribution in [3.63, 3.8) is 0 Å². The van der Waals surface area contributed by atoms with Gasteiger partial charge in [-0.2, -0.15) is 13.2 Å². The molecule has 1 amide bonds. The van der Waals surface area contributed by atoms with Gasteiger partial charge in [0.15, 0.2) is 5.16 Å². The third kappa shape index (κ3) is 4.90. The van der Waals surface area contributed by atoms with E-state index in [9.17, 15) is 18.0 Å². The molecule has 0 spiro atoms. The molecule has 0 aliphatic rings. The fourth-order valence-corrected chi connectivity index (χ4v) is 2.78. The van der Waals surface area contributed by atoms with E-state index >= 15 is 0 Å². The Hall–Kier alpha value is -1.67. The molecule has 23 heavy (non-hydrogen) atoms. The van der Waals surface area contributed by atoms with Crippen molar-refractivity contribution in [1.29, 1.82) is 0 Å². The number of benzene rings is 1. The number of thioether (sulfide) groups is 1. The Morgan fingerprint density at radius 2 is 2.17 bits per heavy atom. The summed E-state index contributed by atoms with van der Waals surface area (Å²) in [4.78, 5) is 15.6. The zero-order valence-electron chi connectivity index (χ0n) is 12.0. The first-order chi connectivity index (χ1) is 10.8. The minimum atomic E-state index is -4.42. The average Bonchev–Trinajstić information content (AvgIpc) is 2.93. The number of rotatable bonds is 5. The quantitative estimate of drug-likeness (QED) is 0.826. The number of amides is 1. The van der Waals surface area contributed by atoms with Crippen molar-refractivity contribution in [2.75, 3.05) is 12.3 Å². The second kappa shape index (κ2) is 7.27. The van der Waals surface area contributed by atoms with E-state index in [0.717, 1.165) is 23.0 Å². The topological polar surface area (TPSA) is 46.9 Å². The molecule has 0 unspecified atom stereocenters. The van der Waals surface area contributed by atoms with Crippen molar-refractivity contribution in [2.45, 2.75) is 18.3 Å². The Labute approximate surface area is 140 Å². The van der Waals surface area contributed by atoms with Crippen LogP contribution >= 0.6 is 23.4 Å². The van der Waals surface area contributed by atoms with E-state index in [0.29, 0.717) is 10.2 Å². The molecule has 1 N–H and O–H groups in total. The van der Waals surface area contributed by atoms with E-state index in [1.165, 1.54) is 0 Å². The number of halogens is 4. The van der Waals surface area contributed by atoms with E-state index in [-0.39, 0.29) is 5.75 Å². The molecule has 4 nitrogen and oxygen atoms in total. The first-order valence-electron chi connectivity index (χ1n) is 6.53. The molecule has 0 radical (unpaired) electrons. The van der Waals surface area contributed by atoms with E-state index < -0.39 is 18.6 Å². The van der Waals surface area contributed by atoms with Gasteiger partial charge in [0.05, 0.1) is 11.4 Å². The van der Waals surface area contributed by atoms with E-state index in [2.05, 4.69) is 4.98 Å². The predicted molar refractivity (Wildman–Crippen MR) is 83.1 cm³/mol. The summed E-state index contributed by atoms with van der Waals surface area (Å²) in [5.74, 6) is -0.864. The molecule has 2 rings (SSSR count). The zero-order chi connectivity index (χ0) is 17.0. The van der Waals surface area contributed by atoms with Crippen LogP contribution in [0.1, 0.15) is 5.56 Å². The summed E-state index contributed by atoms with van der Waals surface area (Å²) in [7, 11) is 0. The molecule has 0 bridgehead atoms. The van der Waals surface area contributed by atoms with Crippen molar-refractivity contribution in [1.82, 2.24) is 14.9 Å². The summed E-state index contributed by atoms with van der Waals surface area (Å²) in [6.07, 6.45) is -1.17. The number of hydrogen-bond acceptors (Lipinski definition) is 3. The number of nitrogens with one attached hydrogen (secondary N) is 1. The van der Waals surface area contributed by atoms with Crippen LogP contribution < -0.4 is 5.32 Å². The van der Waals surface area contributed by atoms with Crippen LogP contribution in [0.3, 0.4) is 0 Å². The Kier molecular flexibility index (Phi) is 5.59. The molecular weight excluding hydrogens is 351 g/mol. The van der Waals surface area contributed by atoms with Crippen molar-refractivity contribution in [2.24, 2.45) is 0 Å². The van der Waals surface area contributed by atoms with Gasteiger partial charge in [0.1, 0.15) is 6.54 Å². The Morgan fingerprint density at radius 3 is 2.87 bits per heavy atom. The maximum Gasteiger partial charge on any atom is 0.405 e. The lowest BCUT2D eigenvalue weighted by molar-refractivity contribution is -0.136. The number of carbonyl (C=O) groups is 1. The molecule has 0 saturated carbocycles. The molecule has 0 fully saturated rings. The van der Waals surface area contributed by atoms with Gasteiger partial charge in [0.2, 0.25) is 5.91 Å². The molecular formula is C14H13ClF3N3OS. The fourth-order valence-electron chi connectivity index (χ4n) is 1.82. The SMILES string of the molecule is Cc1c(Cl)cccc1-n1ccnc1SCC(=O)NCC(F)(F)F. The number of alkyl halides is 3. The fraction of sp³-hybridized carbons (Fsp3) is 0.286. The summed E-state index contributed by atoms with van der Waals surface area (Å²) in [5.41, 5.74) is 1.64. The number of nitrogens with zero attached hydrogens (tertiary/aromatic N) is 2. The van der Waals surface area contributed by atoms with Gasteiger partial charge in [0.25, 0.3) is 0 Å². The van der Waals surface area contributed by atoms with Crippen molar-refractivity contribution < 1.29 is 18.0 Å². The number of carbonyl (C=O) groups excluding carboxylic acids is 1. The van der Waals surface area contributed by atoms with E-state index in [4.69, 9.17) is 11.6 Å². The highest BCUT2D eigenvalue weighted by molar-refractivity contribution is 7.99. The van der Waals surface area contributed by atoms with Gasteiger partial charge < -0.3 is 5.32 Å². The third-order valence-corrected chi connectivity index (χ3v) is 4.30. The molecule has 0 aliphatic carbocycles. The number of imidazole rings is 1. The minimum absolute atomic E-state index is 0.160. The highest BCUT2D eigenvalue weighted by Crippen LogP contribution is 2.26. The molecule has 1 aromatic heterocycles. The molecule has 9 heteroatoms. The van der Waals surface area contributed by atoms with Crippen molar-refractivity contribution in [3.05, 3.63) is 41.2 Å². The second-order valence-corrected chi connectivity index (χ2v) is 5.99. The zero-order valence-corrected chi connectivity index (χ0v) is 13.6. The van der Waals surface area contributed by atoms with Gasteiger partial charge >= 0.3 is 6.18 Å². The van der Waals surface area contributed by atoms with Gasteiger partial charge in [-0.1, -0.05) is 29.4 Å². The van der Waals surface area contributed by atoms with Crippen LogP contribution in [-0.2, 0) is 4.79 Å². The predicted octanol–water partition coefficient (Wildman–Crippen LogP) is 3.60. The minimum Gasteiger partial charge on any atom is -0.346 e. The van der Waals surface area contributed by atoms with Gasteiger partial charge in [0, 0.05) is 17.4 Å². The Balaban J connectivity index is 2.05. The molecule has 2 aromatic rings. The summed E-state index contributed by atoms with van der Waals surface area (Å²) in [6, 6.07) is 5.39. The highest BCUT2D eigenvalue weighted by atomic mass is 35.5. The van der Waals surface area contributed by atoms with Crippen LogP contribution in [0.15, 0.2) is 35.7 Å². The van der Waals surface area contributed by atoms with Crippen LogP contribution in [0.25, 0.3) is 5.69 Å². The maximum absolute atomic E-state index is 12.0. The summed E-state index contributed by atoms with van der Waals surface area (Å²) >= 11 is 7.13. The van der Waals surface area contributed by atoms with Gasteiger partial charge in [-0.15, -0.1) is 0 Å². The lowest BCUT2D eigenvalue weighted by Gasteiger charge is -2.12. The van der Waals surface area contributed by atoms with Gasteiger partial charge in [-0.25, -0.2) is 4.98 Å². The number of hydrogen-bond donors (Lipinski definition) is 1. The van der Waals surface area contributed by atoms with Crippen LogP contribution in [0, 0.1) is 6.92 Å². The lowest BCUT2D eigenvalue weighted by Crippen LogP contribution is -2.34. The molecule has 1 aromatic carbocycles. The van der Waals surface area contributed by atoms with Crippen LogP contribution in [0.5, 0.6) is 0 Å². The average molecular weight is 364 g/mol. The van der Waals surface area contributed by atoms with E-state index in [1.54, 1.807) is 29.1 Å². The van der Waals surface area contributed by atoms with Gasteiger partial charge in [-0.3, -0.25) is 9.36 Å². The van der Waals surface area contributed by atoms with Crippen molar-refractivity contribution in [3.8, 4) is 5.69 Å². The number of aromatic nitrogens is 2. The van der Waals surface area contributed by atoms with E-state index in [1.807, 2.05) is 18.3 Å². The standard InChI is InChI=1S/C14H13ClF3N3OS/c1-9-10(15)3-2-4-11(9)21-6-5-19-13(21)23-7-12(22)20-8-14(16,17)18/h2-6H,7-8H2,1H3,(H,20,22). The Morgan fingerprint density at radius 1 is 1.43 bits per heavy atom. The summed E-state index contributed by atoms with van der Waals surface area (Å²) in [5, 5.41) is 2.91. The maximum atomic E-state index is 12.0. The first-order valence-corrected chi connectivity index (χ1v) is 7.89. The second-order valence-electron chi connectivity index (χ2n) is 4.64.